The van der Waals surface area contributed by atoms with Crippen molar-refractivity contribution >= 4 is 14.6 Å². The van der Waals surface area contributed by atoms with Crippen LogP contribution in [0.1, 0.15) is 13.8 Å². The fraction of sp³-hybridized carbons (Fsp3) is 0.400. The summed E-state index contributed by atoms with van der Waals surface area (Å²) in [5.74, 6) is 0.0417. The topological polar surface area (TPSA) is 17.1 Å². The predicted molar refractivity (Wildman–Crippen MR) is 26.4 cm³/mol. The summed E-state index contributed by atoms with van der Waals surface area (Å²) >= 11 is 5.86. The Bertz CT molecular complexity index is 102. The molecule has 0 unspecified atom stereocenters. The minimum atomic E-state index is 0.0417. The molecule has 0 radical (unpaired) electrons. The van der Waals surface area contributed by atoms with Crippen molar-refractivity contribution in [3.63, 3.8) is 0 Å². The first kappa shape index (κ1) is 18.1. The van der Waals surface area contributed by atoms with Crippen molar-refractivity contribution in [3.8, 4) is 0 Å². The van der Waals surface area contributed by atoms with Crippen LogP contribution in [0.25, 0.3) is 0 Å². The molecule has 0 rings (SSSR count). The van der Waals surface area contributed by atoms with Gasteiger partial charge >= 0.3 is 104 Å². The molecule has 58 valence electrons. The first-order valence-corrected chi connectivity index (χ1v) is 16.0. The van der Waals surface area contributed by atoms with Gasteiger partial charge in [0.05, 0.1) is 0 Å². The Kier molecular flexibility index (Phi) is 40.6. The zero-order chi connectivity index (χ0) is 8.99. The Hall–Kier alpha value is 2.16. The molecule has 0 spiro atoms. The van der Waals surface area contributed by atoms with E-state index in [4.69, 9.17) is 0 Å². The molecule has 0 aliphatic carbocycles. The summed E-state index contributed by atoms with van der Waals surface area (Å²) < 4.78 is 5.31. The van der Waals surface area contributed by atoms with Crippen LogP contribution in [0.5, 0.6) is 0 Å². The molecule has 0 aliphatic rings. The molecule has 5 heteroatoms. The predicted octanol–water partition coefficient (Wildman–Crippen LogP) is 0.0287. The molecule has 0 saturated carbocycles. The summed E-state index contributed by atoms with van der Waals surface area (Å²) in [6.07, 6.45) is 0. The Morgan fingerprint density at radius 2 is 1.40 bits per heavy atom. The number of hydrogen-bond donors (Lipinski definition) is 0. The van der Waals surface area contributed by atoms with Gasteiger partial charge < -0.3 is 0 Å². The number of carbonyl (C=O) groups excluding carboxylic acids is 1. The zero-order valence-corrected chi connectivity index (χ0v) is 17.3. The Labute approximate surface area is 103 Å². The molecule has 0 amide bonds. The van der Waals surface area contributed by atoms with Crippen LogP contribution in [-0.4, -0.2) is 14.6 Å². The molecule has 0 aromatic carbocycles. The second-order valence-electron chi connectivity index (χ2n) is 0.862. The van der Waals surface area contributed by atoms with Crippen molar-refractivity contribution in [3.05, 3.63) is 0 Å². The third-order valence-electron chi connectivity index (χ3n) is 0.144. The van der Waals surface area contributed by atoms with Crippen LogP contribution in [0.2, 0.25) is 0 Å². The van der Waals surface area contributed by atoms with Gasteiger partial charge in [-0.2, -0.15) is 0 Å². The van der Waals surface area contributed by atoms with Gasteiger partial charge in [0.15, 0.2) is 0 Å². The fourth-order valence-corrected chi connectivity index (χ4v) is 0. The van der Waals surface area contributed by atoms with Crippen LogP contribution in [0, 0.1) is 0 Å². The van der Waals surface area contributed by atoms with Crippen molar-refractivity contribution in [1.29, 1.82) is 0 Å². The molecule has 0 bridgehead atoms. The minimum absolute atomic E-state index is 0.0417. The van der Waals surface area contributed by atoms with Gasteiger partial charge in [0.2, 0.25) is 0 Å². The van der Waals surface area contributed by atoms with Crippen LogP contribution in [0.15, 0.2) is 0 Å². The Morgan fingerprint density at radius 3 is 1.40 bits per heavy atom. The van der Waals surface area contributed by atoms with E-state index in [-0.39, 0.29) is 5.78 Å². The molecule has 0 aromatic rings. The molecular weight excluding hydrogens is 811 g/mol. The van der Waals surface area contributed by atoms with Gasteiger partial charge in [-0.1, -0.05) is 0 Å². The average Bonchev–Trinajstić information content (AvgIpc) is 1.94. The van der Waals surface area contributed by atoms with Crippen LogP contribution in [-0.2, 0) is 75.9 Å². The van der Waals surface area contributed by atoms with Gasteiger partial charge in [0.25, 0.3) is 0 Å². The second-order valence-corrected chi connectivity index (χ2v) is 3.06. The van der Waals surface area contributed by atoms with E-state index < -0.39 is 0 Å². The van der Waals surface area contributed by atoms with Crippen LogP contribution in [0.3, 0.4) is 0 Å². The van der Waals surface area contributed by atoms with E-state index in [0.717, 1.165) is 19.4 Å². The number of hydrogen-bond acceptors (Lipinski definition) is 1. The van der Waals surface area contributed by atoms with Crippen molar-refractivity contribution < 1.29 is 75.9 Å². The van der Waals surface area contributed by atoms with Crippen molar-refractivity contribution in [2.45, 2.75) is 13.8 Å². The quantitative estimate of drug-likeness (QED) is 0.342. The monoisotopic (exact) mass is 818 g/mol. The second kappa shape index (κ2) is 22.5. The average molecular weight is 817 g/mol. The van der Waals surface area contributed by atoms with Crippen LogP contribution >= 0.6 is 0 Å². The third-order valence-corrected chi connectivity index (χ3v) is 1.18. The first-order valence-electron chi connectivity index (χ1n) is 2.03. The standard InChI is InChI=1S/C3H3O.C2H3.4W/c1-3(2)4;1-2;;;;/h1H3;1H3;;;;/q2*-1;;;;. The van der Waals surface area contributed by atoms with Gasteiger partial charge in [-0.05, 0) is 0 Å². The maximum absolute atomic E-state index is 9.72. The Balaban J connectivity index is -0.0000000847. The molecule has 0 aliphatic heterocycles. The summed E-state index contributed by atoms with van der Waals surface area (Å²) in [4.78, 5) is 9.72. The molecule has 1 nitrogen and oxygen atoms in total. The van der Waals surface area contributed by atoms with E-state index in [1.165, 1.54) is 26.3 Å². The number of rotatable bonds is 1. The maximum atomic E-state index is 9.72. The van der Waals surface area contributed by atoms with Gasteiger partial charge in [-0.15, -0.1) is 0 Å². The fourth-order valence-electron chi connectivity index (χ4n) is 0. The van der Waals surface area contributed by atoms with E-state index in [2.05, 4.69) is 8.80 Å². The summed E-state index contributed by atoms with van der Waals surface area (Å²) in [7, 11) is 0. The van der Waals surface area contributed by atoms with Gasteiger partial charge in [0, 0.05) is 0 Å². The number of ketones is 1. The van der Waals surface area contributed by atoms with E-state index in [9.17, 15) is 4.79 Å². The zero-order valence-electron chi connectivity index (χ0n) is 5.54. The molecule has 0 saturated heterocycles. The van der Waals surface area contributed by atoms with E-state index >= 15 is 0 Å². The van der Waals surface area contributed by atoms with Crippen LogP contribution < -0.4 is 0 Å². The van der Waals surface area contributed by atoms with Crippen molar-refractivity contribution in [2.75, 3.05) is 0 Å². The van der Waals surface area contributed by atoms with E-state index in [0.29, 0.717) is 0 Å². The molecule has 0 heterocycles. The molecule has 10 heavy (non-hydrogen) atoms. The normalized spacial score (nSPS) is 5.00. The summed E-state index contributed by atoms with van der Waals surface area (Å²) in [5, 5.41) is 0. The van der Waals surface area contributed by atoms with Crippen molar-refractivity contribution in [1.82, 2.24) is 0 Å². The Morgan fingerprint density at radius 1 is 1.30 bits per heavy atom. The molecule has 0 aromatic heterocycles. The van der Waals surface area contributed by atoms with E-state index in [1.807, 2.05) is 6.92 Å². The summed E-state index contributed by atoms with van der Waals surface area (Å²) in [6.45, 7) is 3.41. The van der Waals surface area contributed by atoms with Gasteiger partial charge in [0.1, 0.15) is 0 Å². The van der Waals surface area contributed by atoms with Gasteiger partial charge in [-0.3, -0.25) is 0 Å². The third kappa shape index (κ3) is 49.2. The molecule has 0 N–H and O–H groups in total. The van der Waals surface area contributed by atoms with Crippen LogP contribution in [0.4, 0.5) is 0 Å². The number of carbonyl (C=O) groups is 1. The van der Waals surface area contributed by atoms with Crippen molar-refractivity contribution in [2.24, 2.45) is 0 Å². The summed E-state index contributed by atoms with van der Waals surface area (Å²) in [6, 6.07) is 0. The molecular formula is C5H6OW4-2. The van der Waals surface area contributed by atoms with Gasteiger partial charge in [-0.25, -0.2) is 0 Å². The summed E-state index contributed by atoms with van der Waals surface area (Å²) in [5.41, 5.74) is 0. The molecule has 0 fully saturated rings. The number of Topliss-reactive ketones (excluding diaryl/α,β-unsaturated/α-hetero) is 1. The molecule has 0 atom stereocenters. The SMILES string of the molecule is CC(=O)[C-]=[W].C[C-]=[W].[W]=[W]. The first-order chi connectivity index (χ1) is 4.68. The van der Waals surface area contributed by atoms with E-state index in [1.54, 1.807) is 32.4 Å².